The Balaban J connectivity index is 1.62. The van der Waals surface area contributed by atoms with Crippen molar-refractivity contribution in [2.75, 3.05) is 18.1 Å². The molecule has 1 saturated heterocycles. The number of nitro benzene ring substituents is 1. The zero-order valence-electron chi connectivity index (χ0n) is 21.5. The van der Waals surface area contributed by atoms with Gasteiger partial charge in [-0.1, -0.05) is 12.1 Å². The van der Waals surface area contributed by atoms with Crippen LogP contribution >= 0.6 is 22.6 Å². The molecule has 1 aliphatic rings. The Morgan fingerprint density at radius 1 is 0.975 bits per heavy atom. The fourth-order valence-electron chi connectivity index (χ4n) is 3.91. The molecule has 11 nitrogen and oxygen atoms in total. The second kappa shape index (κ2) is 12.6. The molecular formula is C28H24IN3O8. The molecule has 0 radical (unpaired) electrons. The molecule has 3 aromatic carbocycles. The summed E-state index contributed by atoms with van der Waals surface area (Å²) in [5.74, 6) is -0.265. The van der Waals surface area contributed by atoms with Gasteiger partial charge in [-0.3, -0.25) is 25.0 Å². The van der Waals surface area contributed by atoms with E-state index in [1.54, 1.807) is 55.5 Å². The third-order valence-corrected chi connectivity index (χ3v) is 6.46. The van der Waals surface area contributed by atoms with Crippen molar-refractivity contribution in [1.82, 2.24) is 5.32 Å². The number of nitrogens with one attached hydrogen (secondary N) is 1. The number of anilines is 1. The van der Waals surface area contributed by atoms with Crippen molar-refractivity contribution in [3.05, 3.63) is 91.0 Å². The predicted octanol–water partition coefficient (Wildman–Crippen LogP) is 5.24. The van der Waals surface area contributed by atoms with E-state index in [1.165, 1.54) is 18.2 Å². The average molecular weight is 657 g/mol. The third kappa shape index (κ3) is 6.39. The van der Waals surface area contributed by atoms with Gasteiger partial charge in [-0.05, 0) is 90.0 Å². The zero-order chi connectivity index (χ0) is 28.8. The van der Waals surface area contributed by atoms with Gasteiger partial charge in [-0.15, -0.1) is 0 Å². The van der Waals surface area contributed by atoms with Crippen LogP contribution in [0.2, 0.25) is 0 Å². The quantitative estimate of drug-likeness (QED) is 0.103. The summed E-state index contributed by atoms with van der Waals surface area (Å²) in [5.41, 5.74) is 1.06. The Labute approximate surface area is 243 Å². The van der Waals surface area contributed by atoms with E-state index in [9.17, 15) is 24.5 Å². The van der Waals surface area contributed by atoms with Crippen LogP contribution in [0, 0.1) is 13.7 Å². The van der Waals surface area contributed by atoms with Crippen LogP contribution in [0.15, 0.2) is 66.2 Å². The van der Waals surface area contributed by atoms with Crippen LogP contribution in [-0.2, 0) is 16.2 Å². The van der Waals surface area contributed by atoms with E-state index in [-0.39, 0.29) is 23.6 Å². The summed E-state index contributed by atoms with van der Waals surface area (Å²) >= 11 is 2.04. The second-order valence-corrected chi connectivity index (χ2v) is 9.53. The number of barbiturate groups is 1. The molecule has 0 bridgehead atoms. The number of hydrogen-bond acceptors (Lipinski definition) is 8. The zero-order valence-corrected chi connectivity index (χ0v) is 23.7. The molecule has 0 saturated carbocycles. The molecule has 4 rings (SSSR count). The third-order valence-electron chi connectivity index (χ3n) is 5.65. The van der Waals surface area contributed by atoms with Crippen molar-refractivity contribution >= 4 is 57.9 Å². The molecule has 1 aliphatic heterocycles. The van der Waals surface area contributed by atoms with Crippen LogP contribution in [-0.4, -0.2) is 36.0 Å². The molecule has 0 atom stereocenters. The number of urea groups is 1. The Morgan fingerprint density at radius 2 is 1.70 bits per heavy atom. The summed E-state index contributed by atoms with van der Waals surface area (Å²) in [6.07, 6.45) is 1.38. The Bertz CT molecular complexity index is 1500. The van der Waals surface area contributed by atoms with E-state index in [0.29, 0.717) is 45.2 Å². The standard InChI is InChI=1S/C28H24IN3O8/c1-3-38-21-10-8-19(9-11-21)31-27(34)22(26(33)30-28(31)35)13-18-14-23(29)25(24(15-18)39-4-2)40-16-17-6-5-7-20(12-17)32(36)37/h5-15H,3-4,16H2,1-2H3,(H,30,33,35)/b22-13+. The molecule has 4 amide bonds. The van der Waals surface area contributed by atoms with Gasteiger partial charge < -0.3 is 14.2 Å². The molecule has 0 unspecified atom stereocenters. The summed E-state index contributed by atoms with van der Waals surface area (Å²) in [4.78, 5) is 50.0. The van der Waals surface area contributed by atoms with Crippen molar-refractivity contribution in [3.63, 3.8) is 0 Å². The maximum absolute atomic E-state index is 13.3. The molecular weight excluding hydrogens is 633 g/mol. The number of carbonyl (C=O) groups is 3. The van der Waals surface area contributed by atoms with E-state index < -0.39 is 22.8 Å². The lowest BCUT2D eigenvalue weighted by Gasteiger charge is -2.26. The molecule has 12 heteroatoms. The van der Waals surface area contributed by atoms with E-state index in [2.05, 4.69) is 5.32 Å². The van der Waals surface area contributed by atoms with Crippen molar-refractivity contribution in [1.29, 1.82) is 0 Å². The normalized spacial score (nSPS) is 14.2. The number of nitro groups is 1. The first-order chi connectivity index (χ1) is 19.2. The molecule has 40 heavy (non-hydrogen) atoms. The van der Waals surface area contributed by atoms with Gasteiger partial charge in [0.2, 0.25) is 0 Å². The number of carbonyl (C=O) groups excluding carboxylic acids is 3. The summed E-state index contributed by atoms with van der Waals surface area (Å²) in [5, 5.41) is 13.3. The van der Waals surface area contributed by atoms with Crippen molar-refractivity contribution in [2.24, 2.45) is 0 Å². The van der Waals surface area contributed by atoms with E-state index >= 15 is 0 Å². The maximum Gasteiger partial charge on any atom is 0.335 e. The molecule has 0 spiro atoms. The lowest BCUT2D eigenvalue weighted by atomic mass is 10.1. The lowest BCUT2D eigenvalue weighted by Crippen LogP contribution is -2.54. The van der Waals surface area contributed by atoms with Crippen molar-refractivity contribution < 1.29 is 33.5 Å². The average Bonchev–Trinajstić information content (AvgIpc) is 2.92. The lowest BCUT2D eigenvalue weighted by molar-refractivity contribution is -0.384. The van der Waals surface area contributed by atoms with Crippen LogP contribution in [0.25, 0.3) is 6.08 Å². The Hall–Kier alpha value is -4.46. The largest absolute Gasteiger partial charge is 0.494 e. The van der Waals surface area contributed by atoms with Crippen molar-refractivity contribution in [3.8, 4) is 17.2 Å². The molecule has 206 valence electrons. The minimum absolute atomic E-state index is 0.0454. The first kappa shape index (κ1) is 28.5. The maximum atomic E-state index is 13.3. The summed E-state index contributed by atoms with van der Waals surface area (Å²) in [6, 6.07) is 14.9. The first-order valence-electron chi connectivity index (χ1n) is 12.2. The fraction of sp³-hybridized carbons (Fsp3) is 0.179. The van der Waals surface area contributed by atoms with Gasteiger partial charge in [0, 0.05) is 12.1 Å². The van der Waals surface area contributed by atoms with E-state index in [0.717, 1.165) is 4.90 Å². The van der Waals surface area contributed by atoms with Crippen LogP contribution in [0.4, 0.5) is 16.2 Å². The summed E-state index contributed by atoms with van der Waals surface area (Å²) in [6.45, 7) is 4.46. The van der Waals surface area contributed by atoms with Crippen LogP contribution in [0.1, 0.15) is 25.0 Å². The van der Waals surface area contributed by atoms with Gasteiger partial charge in [0.15, 0.2) is 11.5 Å². The minimum atomic E-state index is -0.856. The van der Waals surface area contributed by atoms with Gasteiger partial charge in [0.05, 0.1) is 27.4 Å². The van der Waals surface area contributed by atoms with Crippen LogP contribution in [0.5, 0.6) is 17.2 Å². The van der Waals surface area contributed by atoms with E-state index in [4.69, 9.17) is 14.2 Å². The number of ether oxygens (including phenoxy) is 3. The molecule has 1 fully saturated rings. The minimum Gasteiger partial charge on any atom is -0.494 e. The Kier molecular flexibility index (Phi) is 8.99. The highest BCUT2D eigenvalue weighted by Gasteiger charge is 2.37. The number of amides is 4. The van der Waals surface area contributed by atoms with Gasteiger partial charge in [-0.2, -0.15) is 0 Å². The molecule has 0 aliphatic carbocycles. The predicted molar refractivity (Wildman–Crippen MR) is 154 cm³/mol. The summed E-state index contributed by atoms with van der Waals surface area (Å²) < 4.78 is 17.7. The number of rotatable bonds is 10. The number of nitrogens with zero attached hydrogens (tertiary/aromatic N) is 2. The highest BCUT2D eigenvalue weighted by molar-refractivity contribution is 14.1. The van der Waals surface area contributed by atoms with Crippen LogP contribution in [0.3, 0.4) is 0 Å². The molecule has 0 aromatic heterocycles. The van der Waals surface area contributed by atoms with E-state index in [1.807, 2.05) is 29.5 Å². The van der Waals surface area contributed by atoms with Gasteiger partial charge in [0.25, 0.3) is 17.5 Å². The number of halogens is 1. The highest BCUT2D eigenvalue weighted by Crippen LogP contribution is 2.36. The molecule has 1 N–H and O–H groups in total. The number of hydrogen-bond donors (Lipinski definition) is 1. The van der Waals surface area contributed by atoms with Gasteiger partial charge in [0.1, 0.15) is 17.9 Å². The molecule has 3 aromatic rings. The highest BCUT2D eigenvalue weighted by atomic mass is 127. The first-order valence-corrected chi connectivity index (χ1v) is 13.3. The van der Waals surface area contributed by atoms with Crippen LogP contribution < -0.4 is 24.4 Å². The monoisotopic (exact) mass is 657 g/mol. The fourth-order valence-corrected chi connectivity index (χ4v) is 4.69. The number of non-ortho nitro benzene ring substituents is 1. The Morgan fingerprint density at radius 3 is 2.38 bits per heavy atom. The smallest absolute Gasteiger partial charge is 0.335 e. The van der Waals surface area contributed by atoms with Gasteiger partial charge >= 0.3 is 6.03 Å². The topological polar surface area (TPSA) is 137 Å². The number of benzene rings is 3. The molecule has 1 heterocycles. The summed E-state index contributed by atoms with van der Waals surface area (Å²) in [7, 11) is 0. The number of imide groups is 2. The second-order valence-electron chi connectivity index (χ2n) is 8.36. The SMILES string of the molecule is CCOc1ccc(N2C(=O)NC(=O)/C(=C\c3cc(I)c(OCc4cccc([N+](=O)[O-])c4)c(OCC)c3)C2=O)cc1. The van der Waals surface area contributed by atoms with Crippen molar-refractivity contribution in [2.45, 2.75) is 20.5 Å². The van der Waals surface area contributed by atoms with Gasteiger partial charge in [-0.25, -0.2) is 9.69 Å².